The maximum Gasteiger partial charge on any atom is 0.251 e. The Morgan fingerprint density at radius 1 is 1.40 bits per heavy atom. The van der Waals surface area contributed by atoms with Gasteiger partial charge in [-0.3, -0.25) is 9.78 Å². The highest BCUT2D eigenvalue weighted by atomic mass is 16.5. The summed E-state index contributed by atoms with van der Waals surface area (Å²) in [4.78, 5) is 16.5. The molecular formula is C15H17N3O2. The van der Waals surface area contributed by atoms with Crippen LogP contribution in [0.2, 0.25) is 0 Å². The lowest BCUT2D eigenvalue weighted by Crippen LogP contribution is -2.43. The van der Waals surface area contributed by atoms with Crippen LogP contribution in [0.3, 0.4) is 0 Å². The lowest BCUT2D eigenvalue weighted by molar-refractivity contribution is 0.0780. The van der Waals surface area contributed by atoms with Gasteiger partial charge in [0.1, 0.15) is 0 Å². The van der Waals surface area contributed by atoms with Crippen molar-refractivity contribution >= 4 is 16.8 Å². The molecule has 1 aromatic carbocycles. The Balaban J connectivity index is 1.78. The molecule has 3 rings (SSSR count). The van der Waals surface area contributed by atoms with Crippen LogP contribution in [-0.2, 0) is 4.74 Å². The molecule has 0 spiro atoms. The number of hydrogen-bond acceptors (Lipinski definition) is 4. The average Bonchev–Trinajstić information content (AvgIpc) is 2.94. The Morgan fingerprint density at radius 2 is 2.30 bits per heavy atom. The summed E-state index contributed by atoms with van der Waals surface area (Å²) in [7, 11) is 1.67. The molecule has 2 atom stereocenters. The first-order valence-electron chi connectivity index (χ1n) is 6.67. The fraction of sp³-hybridized carbons (Fsp3) is 0.333. The molecular weight excluding hydrogens is 254 g/mol. The summed E-state index contributed by atoms with van der Waals surface area (Å²) in [6, 6.07) is 9.36. The van der Waals surface area contributed by atoms with Gasteiger partial charge in [0.2, 0.25) is 0 Å². The maximum atomic E-state index is 12.3. The van der Waals surface area contributed by atoms with E-state index in [2.05, 4.69) is 15.6 Å². The predicted octanol–water partition coefficient (Wildman–Crippen LogP) is 0.951. The molecule has 1 unspecified atom stereocenters. The second kappa shape index (κ2) is 5.56. The number of hydrogen-bond donors (Lipinski definition) is 2. The van der Waals surface area contributed by atoms with Gasteiger partial charge in [0.25, 0.3) is 5.91 Å². The minimum atomic E-state index is -0.0773. The molecule has 5 heteroatoms. The number of rotatable bonds is 3. The normalized spacial score (nSPS) is 22.1. The SMILES string of the molecule is CO[C@H]1CNCC1NC(=O)c1ccc2ncccc2c1. The molecule has 1 amide bonds. The summed E-state index contributed by atoms with van der Waals surface area (Å²) in [5.41, 5.74) is 1.54. The van der Waals surface area contributed by atoms with Crippen molar-refractivity contribution in [3.05, 3.63) is 42.1 Å². The van der Waals surface area contributed by atoms with Gasteiger partial charge in [0, 0.05) is 37.3 Å². The van der Waals surface area contributed by atoms with Crippen molar-refractivity contribution in [2.24, 2.45) is 0 Å². The Kier molecular flexibility index (Phi) is 3.62. The zero-order valence-corrected chi connectivity index (χ0v) is 11.3. The van der Waals surface area contributed by atoms with Crippen molar-refractivity contribution in [2.75, 3.05) is 20.2 Å². The molecule has 0 saturated carbocycles. The molecule has 0 radical (unpaired) electrons. The van der Waals surface area contributed by atoms with E-state index in [1.807, 2.05) is 24.3 Å². The van der Waals surface area contributed by atoms with Crippen molar-refractivity contribution in [1.82, 2.24) is 15.6 Å². The van der Waals surface area contributed by atoms with E-state index in [4.69, 9.17) is 4.74 Å². The molecule has 1 aliphatic rings. The summed E-state index contributed by atoms with van der Waals surface area (Å²) < 4.78 is 5.34. The molecule has 104 valence electrons. The zero-order chi connectivity index (χ0) is 13.9. The van der Waals surface area contributed by atoms with E-state index in [0.29, 0.717) is 5.56 Å². The maximum absolute atomic E-state index is 12.3. The number of nitrogens with one attached hydrogen (secondary N) is 2. The van der Waals surface area contributed by atoms with Crippen molar-refractivity contribution in [2.45, 2.75) is 12.1 Å². The van der Waals surface area contributed by atoms with Crippen LogP contribution in [0.4, 0.5) is 0 Å². The Bertz CT molecular complexity index is 629. The van der Waals surface area contributed by atoms with Crippen molar-refractivity contribution < 1.29 is 9.53 Å². The second-order valence-electron chi connectivity index (χ2n) is 4.92. The summed E-state index contributed by atoms with van der Waals surface area (Å²) in [6.07, 6.45) is 1.77. The number of nitrogens with zero attached hydrogens (tertiary/aromatic N) is 1. The first-order chi connectivity index (χ1) is 9.78. The first-order valence-corrected chi connectivity index (χ1v) is 6.67. The third-order valence-corrected chi connectivity index (χ3v) is 3.64. The third kappa shape index (κ3) is 2.50. The minimum Gasteiger partial charge on any atom is -0.378 e. The number of ether oxygens (including phenoxy) is 1. The molecule has 1 aliphatic heterocycles. The molecule has 1 aromatic heterocycles. The smallest absolute Gasteiger partial charge is 0.251 e. The van der Waals surface area contributed by atoms with Gasteiger partial charge >= 0.3 is 0 Å². The number of aromatic nitrogens is 1. The molecule has 2 aromatic rings. The molecule has 2 N–H and O–H groups in total. The third-order valence-electron chi connectivity index (χ3n) is 3.64. The van der Waals surface area contributed by atoms with E-state index in [9.17, 15) is 4.79 Å². The minimum absolute atomic E-state index is 0.0112. The van der Waals surface area contributed by atoms with Gasteiger partial charge in [-0.1, -0.05) is 6.07 Å². The molecule has 0 bridgehead atoms. The number of carbonyl (C=O) groups excluding carboxylic acids is 1. The monoisotopic (exact) mass is 271 g/mol. The highest BCUT2D eigenvalue weighted by Crippen LogP contribution is 2.14. The zero-order valence-electron chi connectivity index (χ0n) is 11.3. The van der Waals surface area contributed by atoms with Crippen LogP contribution in [0, 0.1) is 0 Å². The standard InChI is InChI=1S/C15H17N3O2/c1-20-14-9-16-8-13(14)18-15(19)11-4-5-12-10(7-11)3-2-6-17-12/h2-7,13-14,16H,8-9H2,1H3,(H,18,19)/t13?,14-/m0/s1. The van der Waals surface area contributed by atoms with E-state index in [0.717, 1.165) is 24.0 Å². The molecule has 2 heterocycles. The predicted molar refractivity (Wildman–Crippen MR) is 76.7 cm³/mol. The van der Waals surface area contributed by atoms with Crippen molar-refractivity contribution in [3.8, 4) is 0 Å². The van der Waals surface area contributed by atoms with Crippen LogP contribution in [0.5, 0.6) is 0 Å². The van der Waals surface area contributed by atoms with E-state index >= 15 is 0 Å². The lowest BCUT2D eigenvalue weighted by atomic mass is 10.1. The van der Waals surface area contributed by atoms with Crippen molar-refractivity contribution in [3.63, 3.8) is 0 Å². The van der Waals surface area contributed by atoms with E-state index in [1.165, 1.54) is 0 Å². The van der Waals surface area contributed by atoms with E-state index in [-0.39, 0.29) is 18.1 Å². The Hall–Kier alpha value is -1.98. The molecule has 20 heavy (non-hydrogen) atoms. The fourth-order valence-corrected chi connectivity index (χ4v) is 2.51. The Labute approximate surface area is 117 Å². The van der Waals surface area contributed by atoms with Gasteiger partial charge in [-0.2, -0.15) is 0 Å². The summed E-state index contributed by atoms with van der Waals surface area (Å²) in [5, 5.41) is 7.19. The summed E-state index contributed by atoms with van der Waals surface area (Å²) in [6.45, 7) is 1.50. The number of pyridine rings is 1. The lowest BCUT2D eigenvalue weighted by Gasteiger charge is -2.18. The number of fused-ring (bicyclic) bond motifs is 1. The number of amides is 1. The number of methoxy groups -OCH3 is 1. The van der Waals surface area contributed by atoms with Gasteiger partial charge in [0.15, 0.2) is 0 Å². The fourth-order valence-electron chi connectivity index (χ4n) is 2.51. The second-order valence-corrected chi connectivity index (χ2v) is 4.92. The molecule has 0 aliphatic carbocycles. The Morgan fingerprint density at radius 3 is 3.15 bits per heavy atom. The average molecular weight is 271 g/mol. The van der Waals surface area contributed by atoms with Gasteiger partial charge in [-0.05, 0) is 24.3 Å². The topological polar surface area (TPSA) is 63.2 Å². The molecule has 1 fully saturated rings. The van der Waals surface area contributed by atoms with Crippen LogP contribution in [0.15, 0.2) is 36.5 Å². The van der Waals surface area contributed by atoms with Gasteiger partial charge in [0.05, 0.1) is 17.7 Å². The van der Waals surface area contributed by atoms with E-state index in [1.54, 1.807) is 19.4 Å². The molecule has 5 nitrogen and oxygen atoms in total. The van der Waals surface area contributed by atoms with Crippen molar-refractivity contribution in [1.29, 1.82) is 0 Å². The van der Waals surface area contributed by atoms with Gasteiger partial charge in [-0.15, -0.1) is 0 Å². The van der Waals surface area contributed by atoms with Crippen LogP contribution in [0.25, 0.3) is 10.9 Å². The van der Waals surface area contributed by atoms with Crippen LogP contribution in [0.1, 0.15) is 10.4 Å². The summed E-state index contributed by atoms with van der Waals surface area (Å²) in [5.74, 6) is -0.0773. The highest BCUT2D eigenvalue weighted by molar-refractivity contribution is 5.98. The van der Waals surface area contributed by atoms with Crippen LogP contribution >= 0.6 is 0 Å². The van der Waals surface area contributed by atoms with Crippen LogP contribution < -0.4 is 10.6 Å². The number of benzene rings is 1. The quantitative estimate of drug-likeness (QED) is 0.872. The van der Waals surface area contributed by atoms with Gasteiger partial charge in [-0.25, -0.2) is 0 Å². The summed E-state index contributed by atoms with van der Waals surface area (Å²) >= 11 is 0. The number of carbonyl (C=O) groups is 1. The first kappa shape index (κ1) is 13.0. The largest absolute Gasteiger partial charge is 0.378 e. The highest BCUT2D eigenvalue weighted by Gasteiger charge is 2.28. The van der Waals surface area contributed by atoms with Crippen LogP contribution in [-0.4, -0.2) is 43.2 Å². The van der Waals surface area contributed by atoms with E-state index < -0.39 is 0 Å². The van der Waals surface area contributed by atoms with Gasteiger partial charge < -0.3 is 15.4 Å². The molecule has 1 saturated heterocycles.